The summed E-state index contributed by atoms with van der Waals surface area (Å²) in [7, 11) is 0. The van der Waals surface area contributed by atoms with Gasteiger partial charge in [0.1, 0.15) is 5.82 Å². The van der Waals surface area contributed by atoms with Gasteiger partial charge in [-0.15, -0.1) is 0 Å². The first-order valence-electron chi connectivity index (χ1n) is 6.26. The standard InChI is InChI=1S/C15H14F3N3/c1-10-3-4-12(11(2)7-10)8-20-21-14-6-5-13(9-19-14)15(16,17)18/h3-9H,1-2H3,(H,19,21)/b20-8+. The van der Waals surface area contributed by atoms with Crippen LogP contribution >= 0.6 is 0 Å². The van der Waals surface area contributed by atoms with Crippen molar-refractivity contribution >= 4 is 12.0 Å². The molecule has 0 atom stereocenters. The number of nitrogens with one attached hydrogen (secondary N) is 1. The second-order valence-electron chi connectivity index (χ2n) is 4.66. The van der Waals surface area contributed by atoms with E-state index in [4.69, 9.17) is 0 Å². The van der Waals surface area contributed by atoms with Gasteiger partial charge >= 0.3 is 6.18 Å². The summed E-state index contributed by atoms with van der Waals surface area (Å²) in [6, 6.07) is 8.11. The molecule has 1 aromatic carbocycles. The monoisotopic (exact) mass is 293 g/mol. The zero-order chi connectivity index (χ0) is 15.5. The molecule has 0 bridgehead atoms. The van der Waals surface area contributed by atoms with Gasteiger partial charge in [-0.05, 0) is 37.1 Å². The summed E-state index contributed by atoms with van der Waals surface area (Å²) in [6.45, 7) is 3.96. The van der Waals surface area contributed by atoms with E-state index in [0.717, 1.165) is 29.0 Å². The van der Waals surface area contributed by atoms with E-state index in [2.05, 4.69) is 15.5 Å². The van der Waals surface area contributed by atoms with E-state index in [1.807, 2.05) is 32.0 Å². The molecule has 0 aliphatic heterocycles. The highest BCUT2D eigenvalue weighted by Crippen LogP contribution is 2.28. The number of pyridine rings is 1. The zero-order valence-electron chi connectivity index (χ0n) is 11.6. The Labute approximate surface area is 120 Å². The van der Waals surface area contributed by atoms with Gasteiger partial charge in [0, 0.05) is 6.20 Å². The van der Waals surface area contributed by atoms with Gasteiger partial charge in [-0.1, -0.05) is 23.8 Å². The third-order valence-corrected chi connectivity index (χ3v) is 2.90. The lowest BCUT2D eigenvalue weighted by atomic mass is 10.1. The predicted octanol–water partition coefficient (Wildman–Crippen LogP) is 4.16. The quantitative estimate of drug-likeness (QED) is 0.681. The van der Waals surface area contributed by atoms with Crippen molar-refractivity contribution in [3.05, 3.63) is 58.8 Å². The van der Waals surface area contributed by atoms with Crippen molar-refractivity contribution in [1.29, 1.82) is 0 Å². The van der Waals surface area contributed by atoms with Crippen LogP contribution in [0.2, 0.25) is 0 Å². The number of aromatic nitrogens is 1. The van der Waals surface area contributed by atoms with Crippen LogP contribution in [0.5, 0.6) is 0 Å². The molecule has 6 heteroatoms. The lowest BCUT2D eigenvalue weighted by Gasteiger charge is -2.06. The number of anilines is 1. The molecule has 0 amide bonds. The summed E-state index contributed by atoms with van der Waals surface area (Å²) >= 11 is 0. The average Bonchev–Trinajstić information content (AvgIpc) is 2.41. The second-order valence-corrected chi connectivity index (χ2v) is 4.66. The van der Waals surface area contributed by atoms with Crippen molar-refractivity contribution in [1.82, 2.24) is 4.98 Å². The second kappa shape index (κ2) is 5.95. The van der Waals surface area contributed by atoms with Crippen LogP contribution in [-0.2, 0) is 6.18 Å². The van der Waals surface area contributed by atoms with Crippen LogP contribution in [0.15, 0.2) is 41.6 Å². The molecule has 1 heterocycles. The Morgan fingerprint density at radius 2 is 1.90 bits per heavy atom. The molecule has 0 aliphatic rings. The number of rotatable bonds is 3. The molecule has 21 heavy (non-hydrogen) atoms. The van der Waals surface area contributed by atoms with Crippen molar-refractivity contribution in [3.8, 4) is 0 Å². The molecule has 0 saturated carbocycles. The highest BCUT2D eigenvalue weighted by Gasteiger charge is 2.30. The zero-order valence-corrected chi connectivity index (χ0v) is 11.6. The SMILES string of the molecule is Cc1ccc(/C=N/Nc2ccc(C(F)(F)F)cn2)c(C)c1. The van der Waals surface area contributed by atoms with Crippen molar-refractivity contribution < 1.29 is 13.2 Å². The van der Waals surface area contributed by atoms with Crippen LogP contribution in [0, 0.1) is 13.8 Å². The van der Waals surface area contributed by atoms with E-state index in [1.54, 1.807) is 6.21 Å². The summed E-state index contributed by atoms with van der Waals surface area (Å²) in [6.07, 6.45) is -2.00. The summed E-state index contributed by atoms with van der Waals surface area (Å²) in [5.41, 5.74) is 4.97. The summed E-state index contributed by atoms with van der Waals surface area (Å²) in [4.78, 5) is 3.67. The highest BCUT2D eigenvalue weighted by molar-refractivity contribution is 5.82. The molecule has 0 spiro atoms. The van der Waals surface area contributed by atoms with Crippen LogP contribution in [-0.4, -0.2) is 11.2 Å². The Morgan fingerprint density at radius 3 is 2.48 bits per heavy atom. The van der Waals surface area contributed by atoms with Gasteiger partial charge in [0.25, 0.3) is 0 Å². The van der Waals surface area contributed by atoms with E-state index in [9.17, 15) is 13.2 Å². The lowest BCUT2D eigenvalue weighted by Crippen LogP contribution is -2.05. The van der Waals surface area contributed by atoms with Crippen LogP contribution < -0.4 is 5.43 Å². The van der Waals surface area contributed by atoms with Gasteiger partial charge in [-0.25, -0.2) is 4.98 Å². The topological polar surface area (TPSA) is 37.3 Å². The highest BCUT2D eigenvalue weighted by atomic mass is 19.4. The maximum absolute atomic E-state index is 12.4. The molecule has 0 saturated heterocycles. The first-order chi connectivity index (χ1) is 9.86. The largest absolute Gasteiger partial charge is 0.417 e. The summed E-state index contributed by atoms with van der Waals surface area (Å²) in [5.74, 6) is 0.254. The first kappa shape index (κ1) is 15.0. The molecule has 2 aromatic rings. The average molecular weight is 293 g/mol. The number of benzene rings is 1. The minimum atomic E-state index is -4.38. The molecule has 3 nitrogen and oxygen atoms in total. The third-order valence-electron chi connectivity index (χ3n) is 2.90. The van der Waals surface area contributed by atoms with Gasteiger partial charge in [-0.3, -0.25) is 5.43 Å². The lowest BCUT2D eigenvalue weighted by molar-refractivity contribution is -0.137. The van der Waals surface area contributed by atoms with Gasteiger partial charge < -0.3 is 0 Å². The van der Waals surface area contributed by atoms with Gasteiger partial charge in [-0.2, -0.15) is 18.3 Å². The number of alkyl halides is 3. The molecular formula is C15H14F3N3. The Hall–Kier alpha value is -2.37. The molecule has 0 aliphatic carbocycles. The fourth-order valence-electron chi connectivity index (χ4n) is 1.77. The Morgan fingerprint density at radius 1 is 1.14 bits per heavy atom. The van der Waals surface area contributed by atoms with Crippen LogP contribution in [0.25, 0.3) is 0 Å². The number of aryl methyl sites for hydroxylation is 2. The maximum Gasteiger partial charge on any atom is 0.417 e. The smallest absolute Gasteiger partial charge is 0.261 e. The molecule has 1 aromatic heterocycles. The number of hydrogen-bond donors (Lipinski definition) is 1. The van der Waals surface area contributed by atoms with E-state index < -0.39 is 11.7 Å². The Balaban J connectivity index is 2.04. The van der Waals surface area contributed by atoms with Crippen molar-refractivity contribution in [2.75, 3.05) is 5.43 Å². The minimum Gasteiger partial charge on any atom is -0.261 e. The molecule has 0 fully saturated rings. The van der Waals surface area contributed by atoms with Crippen LogP contribution in [0.4, 0.5) is 19.0 Å². The van der Waals surface area contributed by atoms with Gasteiger partial charge in [0.2, 0.25) is 0 Å². The minimum absolute atomic E-state index is 0.254. The fourth-order valence-corrected chi connectivity index (χ4v) is 1.77. The van der Waals surface area contributed by atoms with E-state index in [-0.39, 0.29) is 5.82 Å². The Kier molecular flexibility index (Phi) is 4.26. The van der Waals surface area contributed by atoms with Crippen molar-refractivity contribution in [2.45, 2.75) is 20.0 Å². The first-order valence-corrected chi connectivity index (χ1v) is 6.26. The Bertz CT molecular complexity index is 646. The van der Waals surface area contributed by atoms with Gasteiger partial charge in [0.05, 0.1) is 11.8 Å². The van der Waals surface area contributed by atoms with E-state index >= 15 is 0 Å². The maximum atomic E-state index is 12.4. The van der Waals surface area contributed by atoms with Crippen LogP contribution in [0.3, 0.4) is 0 Å². The molecule has 0 radical (unpaired) electrons. The third kappa shape index (κ3) is 4.05. The van der Waals surface area contributed by atoms with Crippen molar-refractivity contribution in [3.63, 3.8) is 0 Å². The van der Waals surface area contributed by atoms with E-state index in [1.165, 1.54) is 6.07 Å². The molecule has 0 unspecified atom stereocenters. The molecular weight excluding hydrogens is 279 g/mol. The molecule has 2 rings (SSSR count). The summed E-state index contributed by atoms with van der Waals surface area (Å²) < 4.78 is 37.1. The number of halogens is 3. The fraction of sp³-hybridized carbons (Fsp3) is 0.200. The van der Waals surface area contributed by atoms with E-state index in [0.29, 0.717) is 0 Å². The number of nitrogens with zero attached hydrogens (tertiary/aromatic N) is 2. The predicted molar refractivity (Wildman–Crippen MR) is 76.4 cm³/mol. The van der Waals surface area contributed by atoms with Gasteiger partial charge in [0.15, 0.2) is 0 Å². The normalized spacial score (nSPS) is 11.9. The van der Waals surface area contributed by atoms with Crippen LogP contribution in [0.1, 0.15) is 22.3 Å². The number of hydrazone groups is 1. The molecule has 1 N–H and O–H groups in total. The van der Waals surface area contributed by atoms with Crippen molar-refractivity contribution in [2.24, 2.45) is 5.10 Å². The number of hydrogen-bond acceptors (Lipinski definition) is 3. The summed E-state index contributed by atoms with van der Waals surface area (Å²) in [5, 5.41) is 3.98. The molecule has 110 valence electrons.